The second-order valence-corrected chi connectivity index (χ2v) is 7.95. The zero-order valence-corrected chi connectivity index (χ0v) is 16.3. The highest BCUT2D eigenvalue weighted by Crippen LogP contribution is 2.16. The van der Waals surface area contributed by atoms with Crippen molar-refractivity contribution in [3.8, 4) is 0 Å². The Balaban J connectivity index is 1.72. The molecule has 0 saturated carbocycles. The summed E-state index contributed by atoms with van der Waals surface area (Å²) in [5.41, 5.74) is 0. The molecule has 0 radical (unpaired) electrons. The van der Waals surface area contributed by atoms with Gasteiger partial charge in [-0.05, 0) is 36.5 Å². The Kier molecular flexibility index (Phi) is 7.78. The van der Waals surface area contributed by atoms with Crippen LogP contribution in [0.2, 0.25) is 0 Å². The fourth-order valence-corrected chi connectivity index (χ4v) is 3.69. The van der Waals surface area contributed by atoms with Gasteiger partial charge < -0.3 is 9.88 Å². The molecule has 0 aromatic carbocycles. The van der Waals surface area contributed by atoms with E-state index >= 15 is 0 Å². The van der Waals surface area contributed by atoms with E-state index in [1.165, 1.54) is 4.88 Å². The third-order valence-corrected chi connectivity index (χ3v) is 5.21. The molecule has 5 nitrogen and oxygen atoms in total. The predicted octanol–water partition coefficient (Wildman–Crippen LogP) is 3.40. The van der Waals surface area contributed by atoms with E-state index in [1.807, 2.05) is 17.7 Å². The van der Waals surface area contributed by atoms with Gasteiger partial charge in [0.15, 0.2) is 5.16 Å². The summed E-state index contributed by atoms with van der Waals surface area (Å²) in [5, 5.41) is 14.6. The first kappa shape index (κ1) is 19.0. The number of rotatable bonds is 10. The summed E-state index contributed by atoms with van der Waals surface area (Å²) < 4.78 is 2.20. The van der Waals surface area contributed by atoms with Crippen LogP contribution in [-0.2, 0) is 24.2 Å². The van der Waals surface area contributed by atoms with E-state index in [1.54, 1.807) is 23.1 Å². The topological polar surface area (TPSA) is 59.8 Å². The van der Waals surface area contributed by atoms with Gasteiger partial charge in [-0.3, -0.25) is 4.79 Å². The lowest BCUT2D eigenvalue weighted by Crippen LogP contribution is -2.25. The minimum Gasteiger partial charge on any atom is -0.356 e. The van der Waals surface area contributed by atoms with Crippen molar-refractivity contribution in [3.05, 3.63) is 28.2 Å². The third-order valence-electron chi connectivity index (χ3n) is 3.60. The summed E-state index contributed by atoms with van der Waals surface area (Å²) in [6.45, 7) is 6.02. The molecule has 0 fully saturated rings. The van der Waals surface area contributed by atoms with E-state index in [0.717, 1.165) is 36.8 Å². The number of thioether (sulfide) groups is 1. The zero-order valence-electron chi connectivity index (χ0n) is 14.6. The summed E-state index contributed by atoms with van der Waals surface area (Å²) in [7, 11) is 0. The minimum absolute atomic E-state index is 0.122. The summed E-state index contributed by atoms with van der Waals surface area (Å²) in [6, 6.07) is 4.09. The molecule has 0 aliphatic rings. The Hall–Kier alpha value is -1.34. The Labute approximate surface area is 152 Å². The van der Waals surface area contributed by atoms with Gasteiger partial charge in [0.05, 0.1) is 0 Å². The number of hydrogen-bond donors (Lipinski definition) is 1. The van der Waals surface area contributed by atoms with Crippen LogP contribution in [0.1, 0.15) is 37.4 Å². The number of thiophene rings is 1. The molecule has 2 aromatic heterocycles. The highest BCUT2D eigenvalue weighted by atomic mass is 32.2. The van der Waals surface area contributed by atoms with Gasteiger partial charge in [0.1, 0.15) is 5.82 Å². The monoisotopic (exact) mass is 366 g/mol. The highest BCUT2D eigenvalue weighted by Gasteiger charge is 2.12. The van der Waals surface area contributed by atoms with Gasteiger partial charge in [0.2, 0.25) is 5.91 Å². The first-order valence-electron chi connectivity index (χ1n) is 8.35. The lowest BCUT2D eigenvalue weighted by molar-refractivity contribution is -0.121. The average molecular weight is 367 g/mol. The fraction of sp³-hybridized carbons (Fsp3) is 0.588. The zero-order chi connectivity index (χ0) is 17.4. The lowest BCUT2D eigenvalue weighted by Gasteiger charge is -2.11. The number of nitrogens with one attached hydrogen (secondary N) is 1. The summed E-state index contributed by atoms with van der Waals surface area (Å²) in [4.78, 5) is 13.1. The Morgan fingerprint density at radius 3 is 2.88 bits per heavy atom. The quantitative estimate of drug-likeness (QED) is 0.517. The minimum atomic E-state index is 0.122. The van der Waals surface area contributed by atoms with E-state index in [-0.39, 0.29) is 5.91 Å². The maximum Gasteiger partial charge on any atom is 0.220 e. The fourth-order valence-electron chi connectivity index (χ4n) is 2.46. The van der Waals surface area contributed by atoms with E-state index in [4.69, 9.17) is 0 Å². The van der Waals surface area contributed by atoms with E-state index in [2.05, 4.69) is 40.0 Å². The Morgan fingerprint density at radius 1 is 1.38 bits per heavy atom. The molecule has 0 aliphatic carbocycles. The molecule has 0 saturated heterocycles. The van der Waals surface area contributed by atoms with Gasteiger partial charge in [-0.2, -0.15) is 0 Å². The smallest absolute Gasteiger partial charge is 0.220 e. The van der Waals surface area contributed by atoms with Crippen molar-refractivity contribution in [2.45, 2.75) is 51.2 Å². The molecule has 7 heteroatoms. The number of hydrogen-bond acceptors (Lipinski definition) is 5. The maximum atomic E-state index is 11.9. The van der Waals surface area contributed by atoms with E-state index in [0.29, 0.717) is 18.9 Å². The number of carbonyl (C=O) groups is 1. The molecule has 2 rings (SSSR count). The van der Waals surface area contributed by atoms with Crippen molar-refractivity contribution in [2.75, 3.05) is 12.8 Å². The van der Waals surface area contributed by atoms with Gasteiger partial charge in [-0.1, -0.05) is 31.7 Å². The van der Waals surface area contributed by atoms with Crippen LogP contribution in [0.4, 0.5) is 0 Å². The van der Waals surface area contributed by atoms with Gasteiger partial charge in [0, 0.05) is 30.8 Å². The SMILES string of the molecule is CSc1nnc(CCCNC(=O)CCc2cccs2)n1CC(C)C. The number of carbonyl (C=O) groups excluding carboxylic acids is 1. The number of amides is 1. The molecule has 1 N–H and O–H groups in total. The molecule has 2 heterocycles. The summed E-state index contributed by atoms with van der Waals surface area (Å²) in [5.74, 6) is 1.69. The largest absolute Gasteiger partial charge is 0.356 e. The predicted molar refractivity (Wildman–Crippen MR) is 101 cm³/mol. The average Bonchev–Trinajstić information content (AvgIpc) is 3.19. The molecular weight excluding hydrogens is 340 g/mol. The van der Waals surface area contributed by atoms with Crippen molar-refractivity contribution < 1.29 is 4.79 Å². The molecule has 0 unspecified atom stereocenters. The van der Waals surface area contributed by atoms with Crippen LogP contribution in [0.5, 0.6) is 0 Å². The molecular formula is C17H26N4OS2. The maximum absolute atomic E-state index is 11.9. The second kappa shape index (κ2) is 9.84. The first-order valence-corrected chi connectivity index (χ1v) is 10.5. The van der Waals surface area contributed by atoms with E-state index < -0.39 is 0 Å². The van der Waals surface area contributed by atoms with Crippen LogP contribution in [0, 0.1) is 5.92 Å². The van der Waals surface area contributed by atoms with Crippen molar-refractivity contribution in [3.63, 3.8) is 0 Å². The molecule has 0 bridgehead atoms. The Morgan fingerprint density at radius 2 is 2.21 bits per heavy atom. The molecule has 0 atom stereocenters. The van der Waals surface area contributed by atoms with Crippen LogP contribution < -0.4 is 5.32 Å². The van der Waals surface area contributed by atoms with E-state index in [9.17, 15) is 4.79 Å². The molecule has 2 aromatic rings. The number of nitrogens with zero attached hydrogens (tertiary/aromatic N) is 3. The summed E-state index contributed by atoms with van der Waals surface area (Å²) >= 11 is 3.33. The Bertz CT molecular complexity index is 623. The molecule has 24 heavy (non-hydrogen) atoms. The van der Waals surface area contributed by atoms with Crippen LogP contribution in [0.3, 0.4) is 0 Å². The van der Waals surface area contributed by atoms with Gasteiger partial charge in [-0.25, -0.2) is 0 Å². The first-order chi connectivity index (χ1) is 11.6. The van der Waals surface area contributed by atoms with Crippen molar-refractivity contribution in [2.24, 2.45) is 5.92 Å². The van der Waals surface area contributed by atoms with Crippen molar-refractivity contribution >= 4 is 29.0 Å². The molecule has 132 valence electrons. The normalized spacial score (nSPS) is 11.2. The van der Waals surface area contributed by atoms with Gasteiger partial charge >= 0.3 is 0 Å². The highest BCUT2D eigenvalue weighted by molar-refractivity contribution is 7.98. The molecule has 1 amide bonds. The van der Waals surface area contributed by atoms with Crippen molar-refractivity contribution in [1.82, 2.24) is 20.1 Å². The van der Waals surface area contributed by atoms with Gasteiger partial charge in [-0.15, -0.1) is 21.5 Å². The standard InChI is InChI=1S/C17H26N4OS2/c1-13(2)12-21-15(19-20-17(21)23-3)7-4-10-18-16(22)9-8-14-6-5-11-24-14/h5-6,11,13H,4,7-10,12H2,1-3H3,(H,18,22). The van der Waals surface area contributed by atoms with Crippen LogP contribution in [0.25, 0.3) is 0 Å². The van der Waals surface area contributed by atoms with Crippen LogP contribution in [0.15, 0.2) is 22.7 Å². The lowest BCUT2D eigenvalue weighted by atomic mass is 10.2. The van der Waals surface area contributed by atoms with Crippen LogP contribution in [-0.4, -0.2) is 33.5 Å². The van der Waals surface area contributed by atoms with Crippen LogP contribution >= 0.6 is 23.1 Å². The number of aryl methyl sites for hydroxylation is 2. The molecule has 0 aliphatic heterocycles. The van der Waals surface area contributed by atoms with Gasteiger partial charge in [0.25, 0.3) is 0 Å². The van der Waals surface area contributed by atoms with Crippen molar-refractivity contribution in [1.29, 1.82) is 0 Å². The second-order valence-electron chi connectivity index (χ2n) is 6.14. The molecule has 0 spiro atoms. The summed E-state index contributed by atoms with van der Waals surface area (Å²) in [6.07, 6.45) is 5.13. The number of aromatic nitrogens is 3. The third kappa shape index (κ3) is 5.94.